The van der Waals surface area contributed by atoms with E-state index in [1.807, 2.05) is 18.2 Å². The van der Waals surface area contributed by atoms with Crippen LogP contribution in [0.15, 0.2) is 24.3 Å². The van der Waals surface area contributed by atoms with Crippen molar-refractivity contribution in [2.45, 2.75) is 19.3 Å². The molecular weight excluding hydrogens is 164 g/mol. The number of carboxylic acid groups (broad SMARTS) is 1. The SMILES string of the molecule is O=C([O-])[C@H]1CCc2ccccc2C1. The van der Waals surface area contributed by atoms with Gasteiger partial charge in [0, 0.05) is 11.9 Å². The molecule has 1 aliphatic carbocycles. The van der Waals surface area contributed by atoms with Gasteiger partial charge in [-0.05, 0) is 30.4 Å². The van der Waals surface area contributed by atoms with Crippen LogP contribution >= 0.6 is 0 Å². The van der Waals surface area contributed by atoms with Gasteiger partial charge in [0.2, 0.25) is 0 Å². The molecule has 0 N–H and O–H groups in total. The second-order valence-electron chi connectivity index (χ2n) is 3.53. The van der Waals surface area contributed by atoms with Crippen molar-refractivity contribution in [3.63, 3.8) is 0 Å². The largest absolute Gasteiger partial charge is 0.550 e. The van der Waals surface area contributed by atoms with Gasteiger partial charge in [-0.25, -0.2) is 0 Å². The molecule has 1 aromatic rings. The molecule has 0 saturated carbocycles. The van der Waals surface area contributed by atoms with Gasteiger partial charge in [0.25, 0.3) is 0 Å². The highest BCUT2D eigenvalue weighted by molar-refractivity contribution is 5.68. The number of carboxylic acids is 1. The Kier molecular flexibility index (Phi) is 2.05. The Morgan fingerprint density at radius 3 is 2.69 bits per heavy atom. The van der Waals surface area contributed by atoms with E-state index in [0.717, 1.165) is 12.8 Å². The molecule has 0 fully saturated rings. The summed E-state index contributed by atoms with van der Waals surface area (Å²) in [6.45, 7) is 0. The smallest absolute Gasteiger partial charge is 0.0448 e. The van der Waals surface area contributed by atoms with Gasteiger partial charge in [0.05, 0.1) is 0 Å². The van der Waals surface area contributed by atoms with Gasteiger partial charge in [-0.15, -0.1) is 0 Å². The van der Waals surface area contributed by atoms with Crippen molar-refractivity contribution in [3.8, 4) is 0 Å². The molecule has 1 aromatic carbocycles. The van der Waals surface area contributed by atoms with E-state index in [9.17, 15) is 9.90 Å². The van der Waals surface area contributed by atoms with Crippen LogP contribution in [0.1, 0.15) is 17.5 Å². The first-order valence-electron chi connectivity index (χ1n) is 4.55. The van der Waals surface area contributed by atoms with Crippen LogP contribution in [0.4, 0.5) is 0 Å². The molecule has 0 unspecified atom stereocenters. The Balaban J connectivity index is 2.24. The lowest BCUT2D eigenvalue weighted by Gasteiger charge is -2.24. The Labute approximate surface area is 77.2 Å². The van der Waals surface area contributed by atoms with E-state index < -0.39 is 5.97 Å². The molecule has 0 saturated heterocycles. The first-order chi connectivity index (χ1) is 6.27. The quantitative estimate of drug-likeness (QED) is 0.625. The Morgan fingerprint density at radius 1 is 1.31 bits per heavy atom. The van der Waals surface area contributed by atoms with Crippen LogP contribution in [0.25, 0.3) is 0 Å². The minimum absolute atomic E-state index is 0.283. The zero-order valence-electron chi connectivity index (χ0n) is 7.32. The number of aryl methyl sites for hydroxylation is 1. The number of hydrogen-bond acceptors (Lipinski definition) is 2. The summed E-state index contributed by atoms with van der Waals surface area (Å²) >= 11 is 0. The van der Waals surface area contributed by atoms with Crippen molar-refractivity contribution in [2.24, 2.45) is 5.92 Å². The van der Waals surface area contributed by atoms with Crippen LogP contribution in [0, 0.1) is 5.92 Å². The molecule has 0 heterocycles. The summed E-state index contributed by atoms with van der Waals surface area (Å²) in [5.41, 5.74) is 2.46. The molecular formula is C11H11O2-. The maximum Gasteiger partial charge on any atom is 0.0448 e. The third-order valence-corrected chi connectivity index (χ3v) is 2.68. The molecule has 0 amide bonds. The Hall–Kier alpha value is -1.31. The second-order valence-corrected chi connectivity index (χ2v) is 3.53. The summed E-state index contributed by atoms with van der Waals surface area (Å²) in [6.07, 6.45) is 2.23. The second kappa shape index (κ2) is 3.21. The minimum atomic E-state index is -0.908. The van der Waals surface area contributed by atoms with Gasteiger partial charge in [-0.1, -0.05) is 24.3 Å². The fourth-order valence-electron chi connectivity index (χ4n) is 1.90. The van der Waals surface area contributed by atoms with Crippen molar-refractivity contribution in [2.75, 3.05) is 0 Å². The van der Waals surface area contributed by atoms with E-state index in [1.54, 1.807) is 0 Å². The number of rotatable bonds is 1. The summed E-state index contributed by atoms with van der Waals surface area (Å²) < 4.78 is 0. The van der Waals surface area contributed by atoms with Crippen molar-refractivity contribution >= 4 is 5.97 Å². The molecule has 0 aromatic heterocycles. The molecule has 2 heteroatoms. The maximum absolute atomic E-state index is 10.7. The zero-order chi connectivity index (χ0) is 9.26. The number of carbonyl (C=O) groups is 1. The van der Waals surface area contributed by atoms with Crippen LogP contribution in [-0.4, -0.2) is 5.97 Å². The number of aliphatic carboxylic acids is 1. The highest BCUT2D eigenvalue weighted by Crippen LogP contribution is 2.24. The fraction of sp³-hybridized carbons (Fsp3) is 0.364. The first-order valence-corrected chi connectivity index (χ1v) is 4.55. The van der Waals surface area contributed by atoms with E-state index in [0.29, 0.717) is 6.42 Å². The average molecular weight is 175 g/mol. The molecule has 2 rings (SSSR count). The predicted octanol–water partition coefficient (Wildman–Crippen LogP) is 0.541. The van der Waals surface area contributed by atoms with Crippen molar-refractivity contribution in [1.29, 1.82) is 0 Å². The molecule has 68 valence electrons. The summed E-state index contributed by atoms with van der Waals surface area (Å²) in [5, 5.41) is 10.7. The molecule has 0 radical (unpaired) electrons. The van der Waals surface area contributed by atoms with E-state index in [-0.39, 0.29) is 5.92 Å². The van der Waals surface area contributed by atoms with Gasteiger partial charge < -0.3 is 9.90 Å². The van der Waals surface area contributed by atoms with Crippen LogP contribution < -0.4 is 5.11 Å². The molecule has 1 aliphatic rings. The number of benzene rings is 1. The monoisotopic (exact) mass is 175 g/mol. The van der Waals surface area contributed by atoms with Crippen molar-refractivity contribution in [1.82, 2.24) is 0 Å². The van der Waals surface area contributed by atoms with E-state index in [1.165, 1.54) is 11.1 Å². The zero-order valence-corrected chi connectivity index (χ0v) is 7.32. The van der Waals surface area contributed by atoms with Crippen molar-refractivity contribution in [3.05, 3.63) is 35.4 Å². The van der Waals surface area contributed by atoms with Crippen LogP contribution in [0.3, 0.4) is 0 Å². The summed E-state index contributed by atoms with van der Waals surface area (Å²) in [5.74, 6) is -1.19. The Morgan fingerprint density at radius 2 is 2.00 bits per heavy atom. The number of fused-ring (bicyclic) bond motifs is 1. The predicted molar refractivity (Wildman–Crippen MR) is 47.0 cm³/mol. The third kappa shape index (κ3) is 1.57. The van der Waals surface area contributed by atoms with Gasteiger partial charge in [0.15, 0.2) is 0 Å². The average Bonchev–Trinajstić information content (AvgIpc) is 2.17. The molecule has 2 nitrogen and oxygen atoms in total. The third-order valence-electron chi connectivity index (χ3n) is 2.68. The minimum Gasteiger partial charge on any atom is -0.550 e. The highest BCUT2D eigenvalue weighted by atomic mass is 16.4. The van der Waals surface area contributed by atoms with Crippen molar-refractivity contribution < 1.29 is 9.90 Å². The topological polar surface area (TPSA) is 40.1 Å². The number of carbonyl (C=O) groups excluding carboxylic acids is 1. The molecule has 13 heavy (non-hydrogen) atoms. The van der Waals surface area contributed by atoms with E-state index >= 15 is 0 Å². The highest BCUT2D eigenvalue weighted by Gasteiger charge is 2.18. The fourth-order valence-corrected chi connectivity index (χ4v) is 1.90. The van der Waals surface area contributed by atoms with Gasteiger partial charge in [0.1, 0.15) is 0 Å². The molecule has 0 spiro atoms. The van der Waals surface area contributed by atoms with Crippen LogP contribution in [0.5, 0.6) is 0 Å². The van der Waals surface area contributed by atoms with Gasteiger partial charge in [-0.2, -0.15) is 0 Å². The van der Waals surface area contributed by atoms with E-state index in [4.69, 9.17) is 0 Å². The lowest BCUT2D eigenvalue weighted by atomic mass is 9.84. The standard InChI is InChI=1S/C11H12O2/c12-11(13)10-6-5-8-3-1-2-4-9(8)7-10/h1-4,10H,5-7H2,(H,12,13)/p-1/t10-/m0/s1. The lowest BCUT2D eigenvalue weighted by Crippen LogP contribution is -2.34. The molecule has 0 bridgehead atoms. The van der Waals surface area contributed by atoms with Gasteiger partial charge >= 0.3 is 0 Å². The maximum atomic E-state index is 10.7. The number of hydrogen-bond donors (Lipinski definition) is 0. The summed E-state index contributed by atoms with van der Waals surface area (Å²) in [6, 6.07) is 8.03. The molecule has 1 atom stereocenters. The first kappa shape index (κ1) is 8.30. The Bertz CT molecular complexity index is 331. The van der Waals surface area contributed by atoms with Gasteiger partial charge in [-0.3, -0.25) is 0 Å². The van der Waals surface area contributed by atoms with Crippen LogP contribution in [-0.2, 0) is 17.6 Å². The van der Waals surface area contributed by atoms with Crippen LogP contribution in [0.2, 0.25) is 0 Å². The van der Waals surface area contributed by atoms with E-state index in [2.05, 4.69) is 6.07 Å². The summed E-state index contributed by atoms with van der Waals surface area (Å²) in [7, 11) is 0. The summed E-state index contributed by atoms with van der Waals surface area (Å²) in [4.78, 5) is 10.7. The molecule has 0 aliphatic heterocycles. The normalized spacial score (nSPS) is 20.8. The lowest BCUT2D eigenvalue weighted by molar-refractivity contribution is -0.311.